The smallest absolute Gasteiger partial charge is 0.338 e. The summed E-state index contributed by atoms with van der Waals surface area (Å²) < 4.78 is 20.5. The second-order valence-electron chi connectivity index (χ2n) is 6.10. The zero-order valence-electron chi connectivity index (χ0n) is 16.8. The van der Waals surface area contributed by atoms with Gasteiger partial charge in [-0.2, -0.15) is 0 Å². The van der Waals surface area contributed by atoms with Crippen LogP contribution >= 0.6 is 0 Å². The van der Waals surface area contributed by atoms with Crippen LogP contribution in [0.3, 0.4) is 0 Å². The van der Waals surface area contributed by atoms with Crippen molar-refractivity contribution < 1.29 is 38.4 Å². The third kappa shape index (κ3) is 8.08. The number of nitro groups is 2. The Balaban J connectivity index is 1.49. The molecule has 0 aliphatic heterocycles. The van der Waals surface area contributed by atoms with Crippen molar-refractivity contribution in [3.05, 3.63) is 79.9 Å². The van der Waals surface area contributed by atoms with E-state index in [0.717, 1.165) is 0 Å². The number of nitrogens with zero attached hydrogens (tertiary/aromatic N) is 2. The van der Waals surface area contributed by atoms with Crippen LogP contribution in [-0.2, 0) is 18.9 Å². The summed E-state index contributed by atoms with van der Waals surface area (Å²) in [4.78, 5) is 43.6. The molecule has 0 radical (unpaired) electrons. The number of hydrogen-bond acceptors (Lipinski definition) is 10. The average molecular weight is 448 g/mol. The van der Waals surface area contributed by atoms with Gasteiger partial charge in [-0.15, -0.1) is 0 Å². The van der Waals surface area contributed by atoms with Crippen molar-refractivity contribution in [2.75, 3.05) is 39.6 Å². The lowest BCUT2D eigenvalue weighted by Gasteiger charge is -2.08. The van der Waals surface area contributed by atoms with Crippen molar-refractivity contribution in [1.82, 2.24) is 0 Å². The summed E-state index contributed by atoms with van der Waals surface area (Å²) in [5, 5.41) is 21.2. The summed E-state index contributed by atoms with van der Waals surface area (Å²) in [6.45, 7) is 0.733. The zero-order valence-corrected chi connectivity index (χ0v) is 16.8. The number of benzene rings is 2. The van der Waals surface area contributed by atoms with Crippen molar-refractivity contribution in [2.45, 2.75) is 0 Å². The van der Waals surface area contributed by atoms with Crippen LogP contribution in [0.25, 0.3) is 0 Å². The minimum atomic E-state index is -0.616. The van der Waals surface area contributed by atoms with E-state index in [1.807, 2.05) is 0 Å². The van der Waals surface area contributed by atoms with E-state index in [1.165, 1.54) is 48.5 Å². The first-order chi connectivity index (χ1) is 15.4. The van der Waals surface area contributed by atoms with Crippen molar-refractivity contribution in [2.24, 2.45) is 0 Å². The van der Waals surface area contributed by atoms with Crippen molar-refractivity contribution >= 4 is 23.3 Å². The van der Waals surface area contributed by atoms with Crippen LogP contribution in [0.15, 0.2) is 48.5 Å². The maximum atomic E-state index is 11.8. The molecular weight excluding hydrogens is 428 g/mol. The maximum Gasteiger partial charge on any atom is 0.338 e. The largest absolute Gasteiger partial charge is 0.460 e. The fourth-order valence-corrected chi connectivity index (χ4v) is 2.31. The second kappa shape index (κ2) is 12.7. The van der Waals surface area contributed by atoms with Gasteiger partial charge in [0.05, 0.1) is 47.4 Å². The molecule has 0 aromatic heterocycles. The molecule has 2 rings (SSSR count). The van der Waals surface area contributed by atoms with Gasteiger partial charge in [-0.3, -0.25) is 20.2 Å². The molecule has 0 bridgehead atoms. The molecule has 0 saturated carbocycles. The molecule has 0 heterocycles. The lowest BCUT2D eigenvalue weighted by atomic mass is 10.2. The van der Waals surface area contributed by atoms with Gasteiger partial charge in [0.25, 0.3) is 11.4 Å². The minimum absolute atomic E-state index is 0.00265. The molecule has 0 aliphatic carbocycles. The van der Waals surface area contributed by atoms with Crippen molar-refractivity contribution in [1.29, 1.82) is 0 Å². The summed E-state index contributed by atoms with van der Waals surface area (Å²) in [6, 6.07) is 10.1. The van der Waals surface area contributed by atoms with Crippen LogP contribution in [0.2, 0.25) is 0 Å². The summed E-state index contributed by atoms with van der Waals surface area (Å²) >= 11 is 0. The predicted molar refractivity (Wildman–Crippen MR) is 108 cm³/mol. The van der Waals surface area contributed by atoms with E-state index in [4.69, 9.17) is 18.9 Å². The van der Waals surface area contributed by atoms with E-state index in [0.29, 0.717) is 0 Å². The van der Waals surface area contributed by atoms with Crippen LogP contribution in [0.5, 0.6) is 0 Å². The van der Waals surface area contributed by atoms with Gasteiger partial charge in [0, 0.05) is 24.3 Å². The van der Waals surface area contributed by atoms with Gasteiger partial charge in [0.15, 0.2) is 0 Å². The van der Waals surface area contributed by atoms with E-state index in [9.17, 15) is 29.8 Å². The highest BCUT2D eigenvalue weighted by molar-refractivity contribution is 5.90. The topological polar surface area (TPSA) is 157 Å². The van der Waals surface area contributed by atoms with Crippen molar-refractivity contribution in [3.8, 4) is 0 Å². The van der Waals surface area contributed by atoms with Crippen LogP contribution in [0.4, 0.5) is 11.4 Å². The Kier molecular flexibility index (Phi) is 9.69. The van der Waals surface area contributed by atoms with Crippen LogP contribution < -0.4 is 0 Å². The number of ether oxygens (including phenoxy) is 4. The highest BCUT2D eigenvalue weighted by atomic mass is 16.6. The molecule has 0 amide bonds. The number of rotatable bonds is 13. The van der Waals surface area contributed by atoms with Crippen LogP contribution in [0.1, 0.15) is 20.7 Å². The molecule has 0 aliphatic rings. The van der Waals surface area contributed by atoms with E-state index in [-0.39, 0.29) is 62.1 Å². The lowest BCUT2D eigenvalue weighted by molar-refractivity contribution is -0.385. The van der Waals surface area contributed by atoms with Crippen LogP contribution in [-0.4, -0.2) is 61.4 Å². The van der Waals surface area contributed by atoms with E-state index in [1.54, 1.807) is 0 Å². The number of nitro benzene ring substituents is 2. The summed E-state index contributed by atoms with van der Waals surface area (Å²) in [7, 11) is 0. The monoisotopic (exact) mass is 448 g/mol. The molecule has 0 saturated heterocycles. The lowest BCUT2D eigenvalue weighted by Crippen LogP contribution is -2.15. The Labute approximate surface area is 181 Å². The molecule has 0 fully saturated rings. The number of carbonyl (C=O) groups is 2. The van der Waals surface area contributed by atoms with Gasteiger partial charge in [0.1, 0.15) is 13.2 Å². The fourth-order valence-electron chi connectivity index (χ4n) is 2.31. The molecule has 2 aromatic carbocycles. The van der Waals surface area contributed by atoms with E-state index in [2.05, 4.69) is 0 Å². The Morgan fingerprint density at radius 3 is 1.22 bits per heavy atom. The van der Waals surface area contributed by atoms with Gasteiger partial charge in [-0.05, 0) is 24.3 Å². The SMILES string of the molecule is O=C(OCCOCCOCCOC(=O)c1ccc([N+](=O)[O-])cc1)c1ccc([N+](=O)[O-])cc1. The van der Waals surface area contributed by atoms with Gasteiger partial charge >= 0.3 is 11.9 Å². The first-order valence-electron chi connectivity index (χ1n) is 9.37. The number of carbonyl (C=O) groups excluding carboxylic acids is 2. The first-order valence-corrected chi connectivity index (χ1v) is 9.37. The van der Waals surface area contributed by atoms with Crippen molar-refractivity contribution in [3.63, 3.8) is 0 Å². The highest BCUT2D eigenvalue weighted by Crippen LogP contribution is 2.13. The number of hydrogen-bond donors (Lipinski definition) is 0. The third-order valence-electron chi connectivity index (χ3n) is 3.92. The normalized spacial score (nSPS) is 10.4. The Morgan fingerprint density at radius 1 is 0.594 bits per heavy atom. The molecular formula is C20H20N2O10. The number of non-ortho nitro benzene ring substituents is 2. The molecule has 0 N–H and O–H groups in total. The third-order valence-corrected chi connectivity index (χ3v) is 3.92. The highest BCUT2D eigenvalue weighted by Gasteiger charge is 2.11. The number of esters is 2. The Hall–Kier alpha value is -3.90. The molecule has 170 valence electrons. The summed E-state index contributed by atoms with van der Waals surface area (Å²) in [5.41, 5.74) is 0.154. The van der Waals surface area contributed by atoms with Gasteiger partial charge in [0.2, 0.25) is 0 Å². The molecule has 0 atom stereocenters. The zero-order chi connectivity index (χ0) is 23.3. The Bertz CT molecular complexity index is 851. The second-order valence-corrected chi connectivity index (χ2v) is 6.10. The minimum Gasteiger partial charge on any atom is -0.460 e. The molecule has 0 unspecified atom stereocenters. The summed E-state index contributed by atoms with van der Waals surface area (Å²) in [5.74, 6) is -1.23. The van der Waals surface area contributed by atoms with E-state index >= 15 is 0 Å². The molecule has 2 aromatic rings. The average Bonchev–Trinajstić information content (AvgIpc) is 2.80. The molecule has 12 heteroatoms. The van der Waals surface area contributed by atoms with Gasteiger partial charge in [-0.25, -0.2) is 9.59 Å². The van der Waals surface area contributed by atoms with Gasteiger partial charge in [-0.1, -0.05) is 0 Å². The van der Waals surface area contributed by atoms with Crippen LogP contribution in [0, 0.1) is 20.2 Å². The Morgan fingerprint density at radius 2 is 0.906 bits per heavy atom. The predicted octanol–water partition coefficient (Wildman–Crippen LogP) is 2.55. The van der Waals surface area contributed by atoms with Gasteiger partial charge < -0.3 is 18.9 Å². The van der Waals surface area contributed by atoms with E-state index < -0.39 is 21.8 Å². The molecule has 12 nitrogen and oxygen atoms in total. The standard InChI is InChI=1S/C20H20N2O10/c23-19(15-1-5-17(6-2-15)21(25)26)31-13-11-29-9-10-30-12-14-32-20(24)16-3-7-18(8-4-16)22(27)28/h1-8H,9-14H2. The first kappa shape index (κ1) is 24.4. The molecule has 0 spiro atoms. The maximum absolute atomic E-state index is 11.8. The fraction of sp³-hybridized carbons (Fsp3) is 0.300. The quantitative estimate of drug-likeness (QED) is 0.193. The molecule has 32 heavy (non-hydrogen) atoms. The summed E-state index contributed by atoms with van der Waals surface area (Å²) in [6.07, 6.45) is 0.